The van der Waals surface area contributed by atoms with Gasteiger partial charge in [-0.3, -0.25) is 14.5 Å². The molecule has 7 nitrogen and oxygen atoms in total. The Labute approximate surface area is 187 Å². The van der Waals surface area contributed by atoms with Crippen molar-refractivity contribution < 1.29 is 4.79 Å². The van der Waals surface area contributed by atoms with E-state index in [4.69, 9.17) is 5.10 Å². The number of hydrogen-bond donors (Lipinski definition) is 1. The molecule has 8 heteroatoms. The Morgan fingerprint density at radius 1 is 1.03 bits per heavy atom. The normalized spacial score (nSPS) is 12.8. The second-order valence-electron chi connectivity index (χ2n) is 8.35. The highest BCUT2D eigenvalue weighted by molar-refractivity contribution is 7.99. The number of thioether (sulfide) groups is 1. The van der Waals surface area contributed by atoms with Crippen molar-refractivity contribution in [3.63, 3.8) is 0 Å². The largest absolute Gasteiger partial charge is 0.384 e. The SMILES string of the molecule is CN(C)CCSCCNc1ccc2c3c(nn2CCN(C)C)-c2cnccc2C(=O)c13. The molecule has 0 atom stereocenters. The number of nitrogens with zero attached hydrogens (tertiary/aromatic N) is 5. The zero-order chi connectivity index (χ0) is 22.0. The summed E-state index contributed by atoms with van der Waals surface area (Å²) in [6, 6.07) is 5.92. The van der Waals surface area contributed by atoms with Gasteiger partial charge in [-0.05, 0) is 46.4 Å². The van der Waals surface area contributed by atoms with Gasteiger partial charge in [-0.1, -0.05) is 0 Å². The van der Waals surface area contributed by atoms with E-state index in [-0.39, 0.29) is 5.78 Å². The lowest BCUT2D eigenvalue weighted by Gasteiger charge is -2.18. The van der Waals surface area contributed by atoms with Gasteiger partial charge in [-0.25, -0.2) is 0 Å². The molecule has 0 aliphatic heterocycles. The summed E-state index contributed by atoms with van der Waals surface area (Å²) in [6.45, 7) is 3.53. The Morgan fingerprint density at radius 2 is 1.84 bits per heavy atom. The summed E-state index contributed by atoms with van der Waals surface area (Å²) in [5, 5.41) is 9.36. The third-order valence-electron chi connectivity index (χ3n) is 5.47. The summed E-state index contributed by atoms with van der Waals surface area (Å²) in [7, 11) is 8.29. The van der Waals surface area contributed by atoms with Crippen molar-refractivity contribution in [2.24, 2.45) is 0 Å². The van der Waals surface area contributed by atoms with Gasteiger partial charge in [-0.15, -0.1) is 0 Å². The second-order valence-corrected chi connectivity index (χ2v) is 9.57. The van der Waals surface area contributed by atoms with Crippen molar-refractivity contribution >= 4 is 34.1 Å². The summed E-state index contributed by atoms with van der Waals surface area (Å²) in [6.07, 6.45) is 3.44. The van der Waals surface area contributed by atoms with Gasteiger partial charge in [0.1, 0.15) is 5.69 Å². The molecule has 3 aromatic rings. The number of fused-ring (bicyclic) bond motifs is 2. The number of nitrogens with one attached hydrogen (secondary N) is 1. The van der Waals surface area contributed by atoms with Crippen LogP contribution >= 0.6 is 11.8 Å². The van der Waals surface area contributed by atoms with Crippen LogP contribution in [0.2, 0.25) is 0 Å². The van der Waals surface area contributed by atoms with Crippen LogP contribution in [0.25, 0.3) is 22.2 Å². The van der Waals surface area contributed by atoms with Crippen molar-refractivity contribution in [3.8, 4) is 11.3 Å². The van der Waals surface area contributed by atoms with Gasteiger partial charge in [0.15, 0.2) is 5.78 Å². The number of carbonyl (C=O) groups excluding carboxylic acids is 1. The molecule has 1 aromatic carbocycles. The third kappa shape index (κ3) is 4.46. The van der Waals surface area contributed by atoms with Gasteiger partial charge in [0.05, 0.1) is 17.6 Å². The Morgan fingerprint density at radius 3 is 2.61 bits per heavy atom. The molecule has 1 aliphatic carbocycles. The van der Waals surface area contributed by atoms with Crippen LogP contribution in [-0.4, -0.2) is 89.7 Å². The van der Waals surface area contributed by atoms with Gasteiger partial charge in [0.2, 0.25) is 0 Å². The molecule has 0 bridgehead atoms. The highest BCUT2D eigenvalue weighted by Crippen LogP contribution is 2.41. The summed E-state index contributed by atoms with van der Waals surface area (Å²) in [5.74, 6) is 2.14. The van der Waals surface area contributed by atoms with Crippen LogP contribution in [0, 0.1) is 0 Å². The number of rotatable bonds is 10. The van der Waals surface area contributed by atoms with Crippen LogP contribution in [0.15, 0.2) is 30.6 Å². The first-order valence-electron chi connectivity index (χ1n) is 10.6. The minimum absolute atomic E-state index is 0.0467. The first-order chi connectivity index (χ1) is 15.0. The molecule has 164 valence electrons. The fourth-order valence-electron chi connectivity index (χ4n) is 3.83. The average Bonchev–Trinajstić information content (AvgIpc) is 3.12. The van der Waals surface area contributed by atoms with E-state index in [9.17, 15) is 4.79 Å². The smallest absolute Gasteiger partial charge is 0.196 e. The number of carbonyl (C=O) groups is 1. The van der Waals surface area contributed by atoms with E-state index in [1.807, 2.05) is 22.5 Å². The van der Waals surface area contributed by atoms with E-state index in [0.717, 1.165) is 71.1 Å². The lowest BCUT2D eigenvalue weighted by atomic mass is 9.87. The number of ketones is 1. The summed E-state index contributed by atoms with van der Waals surface area (Å²) >= 11 is 1.92. The zero-order valence-corrected chi connectivity index (χ0v) is 19.5. The Kier molecular flexibility index (Phi) is 6.60. The van der Waals surface area contributed by atoms with Crippen molar-refractivity contribution in [2.45, 2.75) is 6.54 Å². The second kappa shape index (κ2) is 9.38. The maximum Gasteiger partial charge on any atom is 0.196 e. The first-order valence-corrected chi connectivity index (χ1v) is 11.8. The minimum Gasteiger partial charge on any atom is -0.384 e. The molecule has 4 rings (SSSR count). The molecule has 0 fully saturated rings. The van der Waals surface area contributed by atoms with Gasteiger partial charge in [0.25, 0.3) is 0 Å². The molecule has 1 N–H and O–H groups in total. The van der Waals surface area contributed by atoms with Crippen LogP contribution in [0.1, 0.15) is 15.9 Å². The number of hydrogen-bond acceptors (Lipinski definition) is 7. The molecule has 0 saturated carbocycles. The molecule has 1 aliphatic rings. The maximum atomic E-state index is 13.5. The predicted octanol–water partition coefficient (Wildman–Crippen LogP) is 2.91. The molecule has 0 saturated heterocycles. The zero-order valence-electron chi connectivity index (χ0n) is 18.7. The highest BCUT2D eigenvalue weighted by Gasteiger charge is 2.31. The van der Waals surface area contributed by atoms with Gasteiger partial charge in [-0.2, -0.15) is 16.9 Å². The van der Waals surface area contributed by atoms with Gasteiger partial charge >= 0.3 is 0 Å². The minimum atomic E-state index is 0.0467. The lowest BCUT2D eigenvalue weighted by molar-refractivity contribution is 0.104. The monoisotopic (exact) mass is 438 g/mol. The molecular formula is C23H30N6OS. The number of benzene rings is 1. The number of anilines is 1. The van der Waals surface area contributed by atoms with Crippen LogP contribution in [0.3, 0.4) is 0 Å². The predicted molar refractivity (Wildman–Crippen MR) is 129 cm³/mol. The quantitative estimate of drug-likeness (QED) is 0.382. The van der Waals surface area contributed by atoms with E-state index in [2.05, 4.69) is 54.4 Å². The fourth-order valence-corrected chi connectivity index (χ4v) is 4.78. The van der Waals surface area contributed by atoms with Crippen LogP contribution in [0.5, 0.6) is 0 Å². The van der Waals surface area contributed by atoms with Crippen molar-refractivity contribution in [2.75, 3.05) is 64.6 Å². The van der Waals surface area contributed by atoms with Crippen LogP contribution in [-0.2, 0) is 6.54 Å². The number of likely N-dealkylation sites (N-methyl/N-ethyl adjacent to an activating group) is 1. The molecule has 2 aromatic heterocycles. The van der Waals surface area contributed by atoms with Crippen LogP contribution < -0.4 is 5.32 Å². The molecular weight excluding hydrogens is 408 g/mol. The highest BCUT2D eigenvalue weighted by atomic mass is 32.2. The van der Waals surface area contributed by atoms with Crippen molar-refractivity contribution in [1.82, 2.24) is 24.6 Å². The maximum absolute atomic E-state index is 13.5. The third-order valence-corrected chi connectivity index (χ3v) is 6.43. The topological polar surface area (TPSA) is 66.3 Å². The molecule has 0 spiro atoms. The van der Waals surface area contributed by atoms with E-state index >= 15 is 0 Å². The Bertz CT molecular complexity index is 1090. The first kappa shape index (κ1) is 21.8. The Balaban J connectivity index is 1.66. The summed E-state index contributed by atoms with van der Waals surface area (Å²) in [4.78, 5) is 22.1. The summed E-state index contributed by atoms with van der Waals surface area (Å²) < 4.78 is 2.02. The average molecular weight is 439 g/mol. The summed E-state index contributed by atoms with van der Waals surface area (Å²) in [5.41, 5.74) is 4.99. The van der Waals surface area contributed by atoms with Crippen molar-refractivity contribution in [3.05, 3.63) is 41.7 Å². The number of aromatic nitrogens is 3. The van der Waals surface area contributed by atoms with E-state index in [1.165, 1.54) is 0 Å². The van der Waals surface area contributed by atoms with E-state index < -0.39 is 0 Å². The van der Waals surface area contributed by atoms with E-state index in [0.29, 0.717) is 5.56 Å². The molecule has 0 unspecified atom stereocenters. The lowest BCUT2D eigenvalue weighted by Crippen LogP contribution is -2.19. The molecule has 0 radical (unpaired) electrons. The molecule has 0 amide bonds. The fraction of sp³-hybridized carbons (Fsp3) is 0.435. The number of pyridine rings is 1. The van der Waals surface area contributed by atoms with Gasteiger partial charge < -0.3 is 15.1 Å². The van der Waals surface area contributed by atoms with Crippen molar-refractivity contribution in [1.29, 1.82) is 0 Å². The standard InChI is InChI=1S/C23H30N6OS/c1-27(2)10-11-29-19-6-5-18(25-9-13-31-14-12-28(3)4)20-21(19)22(26-29)17-15-24-8-7-16(17)23(20)30/h5-8,15,25H,9-14H2,1-4H3. The van der Waals surface area contributed by atoms with Gasteiger partial charge in [0, 0.05) is 65.7 Å². The molecule has 2 heterocycles. The molecule has 31 heavy (non-hydrogen) atoms. The van der Waals surface area contributed by atoms with E-state index in [1.54, 1.807) is 18.5 Å². The van der Waals surface area contributed by atoms with Crippen LogP contribution in [0.4, 0.5) is 5.69 Å². The Hall–Kier alpha value is -2.42.